The maximum absolute atomic E-state index is 12.9. The zero-order valence-corrected chi connectivity index (χ0v) is 17.5. The van der Waals surface area contributed by atoms with E-state index in [2.05, 4.69) is 0 Å². The van der Waals surface area contributed by atoms with Crippen molar-refractivity contribution in [1.82, 2.24) is 0 Å². The molecule has 2 rings (SSSR count). The van der Waals surface area contributed by atoms with Crippen LogP contribution >= 0.6 is 0 Å². The lowest BCUT2D eigenvalue weighted by Crippen LogP contribution is -2.27. The number of aryl methyl sites for hydroxylation is 1. The van der Waals surface area contributed by atoms with Gasteiger partial charge in [-0.1, -0.05) is 6.07 Å². The summed E-state index contributed by atoms with van der Waals surface area (Å²) in [4.78, 5) is 18.7. The van der Waals surface area contributed by atoms with E-state index in [1.54, 1.807) is 0 Å². The summed E-state index contributed by atoms with van der Waals surface area (Å²) in [5, 5.41) is 12.9. The van der Waals surface area contributed by atoms with E-state index >= 15 is 0 Å². The van der Waals surface area contributed by atoms with Crippen LogP contribution in [0.1, 0.15) is 15.9 Å². The summed E-state index contributed by atoms with van der Waals surface area (Å²) in [6.07, 6.45) is 0. The molecule has 0 spiro atoms. The van der Waals surface area contributed by atoms with E-state index in [0.29, 0.717) is 0 Å². The van der Waals surface area contributed by atoms with Crippen LogP contribution in [0.5, 0.6) is 0 Å². The molecule has 0 fully saturated rings. The fourth-order valence-electron chi connectivity index (χ4n) is 2.37. The van der Waals surface area contributed by atoms with Gasteiger partial charge in [0.1, 0.15) is 0 Å². The van der Waals surface area contributed by atoms with Gasteiger partial charge in [-0.3, -0.25) is 14.9 Å². The number of hydrogen-bond donors (Lipinski definition) is 1. The number of nitrogens with one attached hydrogen (secondary N) is 1. The number of benzene rings is 2. The number of anilines is 1. The largest absolute Gasteiger partial charge is 0.501 e. The monoisotopic (exact) mass is 520 g/mol. The molecule has 0 saturated carbocycles. The van der Waals surface area contributed by atoms with Gasteiger partial charge in [0.2, 0.25) is 0 Å². The van der Waals surface area contributed by atoms with Crippen LogP contribution in [-0.2, 0) is 19.7 Å². The summed E-state index contributed by atoms with van der Waals surface area (Å²) in [5.41, 5.74) is -13.9. The van der Waals surface area contributed by atoms with Gasteiger partial charge in [0.05, 0.1) is 14.7 Å². The molecule has 0 aliphatic carbocycles. The average molecular weight is 520 g/mol. The van der Waals surface area contributed by atoms with Crippen molar-refractivity contribution >= 4 is 37.0 Å². The van der Waals surface area contributed by atoms with Crippen LogP contribution in [0.3, 0.4) is 0 Å². The Labute approximate surface area is 181 Å². The van der Waals surface area contributed by atoms with Gasteiger partial charge in [-0.2, -0.15) is 26.3 Å². The molecule has 33 heavy (non-hydrogen) atoms. The molecule has 2 aromatic carbocycles. The van der Waals surface area contributed by atoms with E-state index in [9.17, 15) is 58.1 Å². The van der Waals surface area contributed by atoms with Crippen LogP contribution in [0.25, 0.3) is 0 Å². The van der Waals surface area contributed by atoms with Crippen molar-refractivity contribution in [2.45, 2.75) is 27.7 Å². The fraction of sp³-hybridized carbons (Fsp3) is 0.188. The van der Waals surface area contributed by atoms with Crippen molar-refractivity contribution in [3.05, 3.63) is 57.6 Å². The molecular formula is C16H10F6N2O7S2. The third-order valence-electron chi connectivity index (χ3n) is 4.04. The molecule has 0 atom stereocenters. The summed E-state index contributed by atoms with van der Waals surface area (Å²) >= 11 is 0. The Morgan fingerprint density at radius 3 is 1.73 bits per heavy atom. The second kappa shape index (κ2) is 8.29. The Morgan fingerprint density at radius 1 is 0.879 bits per heavy atom. The molecule has 1 amide bonds. The van der Waals surface area contributed by atoms with Gasteiger partial charge >= 0.3 is 11.0 Å². The van der Waals surface area contributed by atoms with Crippen molar-refractivity contribution in [1.29, 1.82) is 0 Å². The highest BCUT2D eigenvalue weighted by Crippen LogP contribution is 2.36. The maximum atomic E-state index is 12.9. The predicted molar refractivity (Wildman–Crippen MR) is 98.7 cm³/mol. The molecule has 2 aromatic rings. The van der Waals surface area contributed by atoms with Crippen molar-refractivity contribution in [2.75, 3.05) is 5.32 Å². The second-order valence-electron chi connectivity index (χ2n) is 6.30. The number of amides is 1. The van der Waals surface area contributed by atoms with Crippen LogP contribution in [-0.4, -0.2) is 38.7 Å². The van der Waals surface area contributed by atoms with Gasteiger partial charge in [-0.25, -0.2) is 16.8 Å². The Kier molecular flexibility index (Phi) is 6.54. The van der Waals surface area contributed by atoms with Gasteiger partial charge < -0.3 is 5.32 Å². The Morgan fingerprint density at radius 2 is 1.33 bits per heavy atom. The minimum absolute atomic E-state index is 0.0240. The van der Waals surface area contributed by atoms with Crippen molar-refractivity contribution < 1.29 is 52.9 Å². The molecule has 0 saturated heterocycles. The fourth-order valence-corrected chi connectivity index (χ4v) is 4.11. The van der Waals surface area contributed by atoms with Gasteiger partial charge in [-0.15, -0.1) is 0 Å². The minimum Gasteiger partial charge on any atom is -0.322 e. The van der Waals surface area contributed by atoms with Gasteiger partial charge in [-0.05, 0) is 31.2 Å². The number of nitro benzene ring substituents is 1. The molecule has 0 aliphatic heterocycles. The van der Waals surface area contributed by atoms with Gasteiger partial charge in [0.15, 0.2) is 0 Å². The third kappa shape index (κ3) is 5.08. The molecule has 9 nitrogen and oxygen atoms in total. The third-order valence-corrected chi connectivity index (χ3v) is 6.97. The molecule has 0 unspecified atom stereocenters. The Balaban J connectivity index is 2.69. The summed E-state index contributed by atoms with van der Waals surface area (Å²) in [7, 11) is -12.7. The highest BCUT2D eigenvalue weighted by molar-refractivity contribution is 7.93. The van der Waals surface area contributed by atoms with Crippen LogP contribution in [0.15, 0.2) is 46.2 Å². The first-order chi connectivity index (χ1) is 14.8. The molecule has 1 N–H and O–H groups in total. The molecule has 17 heteroatoms. The molecule has 0 radical (unpaired) electrons. The van der Waals surface area contributed by atoms with Crippen LogP contribution in [0, 0.1) is 17.0 Å². The zero-order valence-electron chi connectivity index (χ0n) is 15.9. The molecular weight excluding hydrogens is 510 g/mol. The molecule has 0 bridgehead atoms. The summed E-state index contributed by atoms with van der Waals surface area (Å²) < 4.78 is 124. The normalized spacial score (nSPS) is 12.9. The van der Waals surface area contributed by atoms with Crippen molar-refractivity contribution in [3.8, 4) is 0 Å². The van der Waals surface area contributed by atoms with Crippen molar-refractivity contribution in [2.24, 2.45) is 0 Å². The lowest BCUT2D eigenvalue weighted by Gasteiger charge is -2.14. The number of nitro groups is 1. The lowest BCUT2D eigenvalue weighted by molar-refractivity contribution is -0.385. The highest BCUT2D eigenvalue weighted by atomic mass is 32.2. The Bertz CT molecular complexity index is 1290. The molecule has 180 valence electrons. The summed E-state index contributed by atoms with van der Waals surface area (Å²) in [5.74, 6) is -1.54. The number of hydrogen-bond acceptors (Lipinski definition) is 7. The topological polar surface area (TPSA) is 141 Å². The van der Waals surface area contributed by atoms with Crippen LogP contribution in [0.2, 0.25) is 0 Å². The van der Waals surface area contributed by atoms with Crippen molar-refractivity contribution in [3.63, 3.8) is 0 Å². The van der Waals surface area contributed by atoms with E-state index in [1.807, 2.05) is 5.32 Å². The number of alkyl halides is 6. The number of nitrogens with zero attached hydrogens (tertiary/aromatic N) is 1. The standard InChI is InChI=1S/C16H10F6N2O7S2/c1-8-2-3-10(6-13(8)24(26)27)23-14(25)9-4-11(32(28,29)15(17,18)19)7-12(5-9)33(30,31)16(20,21)22/h2-7H,1H3,(H,23,25). The van der Waals surface area contributed by atoms with E-state index in [0.717, 1.165) is 18.2 Å². The Hall–Kier alpha value is -3.21. The number of sulfone groups is 2. The molecule has 0 heterocycles. The predicted octanol–water partition coefficient (Wildman–Crippen LogP) is 3.74. The molecule has 0 aliphatic rings. The van der Waals surface area contributed by atoms with E-state index in [1.165, 1.54) is 6.92 Å². The van der Waals surface area contributed by atoms with E-state index < -0.39 is 62.6 Å². The van der Waals surface area contributed by atoms with E-state index in [4.69, 9.17) is 0 Å². The minimum atomic E-state index is -6.36. The number of carbonyl (C=O) groups excluding carboxylic acids is 1. The number of carbonyl (C=O) groups is 1. The average Bonchev–Trinajstić information content (AvgIpc) is 2.67. The van der Waals surface area contributed by atoms with Crippen LogP contribution in [0.4, 0.5) is 37.7 Å². The first kappa shape index (κ1) is 26.0. The lowest BCUT2D eigenvalue weighted by atomic mass is 10.1. The number of rotatable bonds is 5. The second-order valence-corrected chi connectivity index (χ2v) is 10.2. The first-order valence-corrected chi connectivity index (χ1v) is 11.1. The van der Waals surface area contributed by atoms with Gasteiger partial charge in [0, 0.05) is 22.9 Å². The molecule has 0 aromatic heterocycles. The van der Waals surface area contributed by atoms with Crippen LogP contribution < -0.4 is 5.32 Å². The smallest absolute Gasteiger partial charge is 0.322 e. The van der Waals surface area contributed by atoms with Gasteiger partial charge in [0.25, 0.3) is 31.3 Å². The summed E-state index contributed by atoms with van der Waals surface area (Å²) in [6.45, 7) is 1.34. The highest BCUT2D eigenvalue weighted by Gasteiger charge is 2.50. The first-order valence-electron chi connectivity index (χ1n) is 8.13. The zero-order chi connectivity index (χ0) is 25.6. The maximum Gasteiger partial charge on any atom is 0.501 e. The SMILES string of the molecule is Cc1ccc(NC(=O)c2cc(S(=O)(=O)C(F)(F)F)cc(S(=O)(=O)C(F)(F)F)c2)cc1[N+](=O)[O-]. The quantitative estimate of drug-likeness (QED) is 0.360. The van der Waals surface area contributed by atoms with E-state index in [-0.39, 0.29) is 29.4 Å². The summed E-state index contributed by atoms with van der Waals surface area (Å²) in [6, 6.07) is 2.75. The number of halogens is 6.